The number of aryl methyl sites for hydroxylation is 1. The van der Waals surface area contributed by atoms with Gasteiger partial charge in [0.15, 0.2) is 0 Å². The van der Waals surface area contributed by atoms with Crippen LogP contribution in [0.15, 0.2) is 26.0 Å². The molecule has 0 atom stereocenters. The molecule has 1 rings (SSSR count). The highest BCUT2D eigenvalue weighted by atomic mass is 79.9. The van der Waals surface area contributed by atoms with Crippen LogP contribution in [0.2, 0.25) is 0 Å². The predicted molar refractivity (Wildman–Crippen MR) is 89.7 cm³/mol. The van der Waals surface area contributed by atoms with Crippen LogP contribution in [-0.4, -0.2) is 38.3 Å². The van der Waals surface area contributed by atoms with Gasteiger partial charge in [0.05, 0.1) is 11.4 Å². The van der Waals surface area contributed by atoms with E-state index >= 15 is 0 Å². The van der Waals surface area contributed by atoms with Crippen LogP contribution in [0.25, 0.3) is 0 Å². The van der Waals surface area contributed by atoms with Crippen molar-refractivity contribution in [2.45, 2.75) is 25.7 Å². The number of likely N-dealkylation sites (N-methyl/N-ethyl adjacent to an activating group) is 2. The second kappa shape index (κ2) is 7.71. The number of nitrogens with zero attached hydrogens (tertiary/aromatic N) is 1. The van der Waals surface area contributed by atoms with Crippen molar-refractivity contribution in [3.63, 3.8) is 0 Å². The Morgan fingerprint density at radius 1 is 1.24 bits per heavy atom. The zero-order valence-corrected chi connectivity index (χ0v) is 16.1. The summed E-state index contributed by atoms with van der Waals surface area (Å²) < 4.78 is 27.7. The summed E-state index contributed by atoms with van der Waals surface area (Å²) in [6.07, 6.45) is 0. The number of benzene rings is 1. The van der Waals surface area contributed by atoms with Crippen LogP contribution in [0.5, 0.6) is 0 Å². The Kier molecular flexibility index (Phi) is 6.83. The standard InChI is InChI=1S/C13H18Br2N2O3S/c1-4-16-13(18)8-17(5-2)21(19,20)12-7-10(14)9(3)6-11(12)15/h6-7H,4-5,8H2,1-3H3,(H,16,18). The molecule has 0 aromatic heterocycles. The van der Waals surface area contributed by atoms with Crippen molar-refractivity contribution in [2.24, 2.45) is 0 Å². The SMILES string of the molecule is CCNC(=O)CN(CC)S(=O)(=O)c1cc(Br)c(C)cc1Br. The Bertz CT molecular complexity index is 633. The third-order valence-electron chi connectivity index (χ3n) is 2.88. The molecule has 0 heterocycles. The van der Waals surface area contributed by atoms with Gasteiger partial charge in [0.1, 0.15) is 0 Å². The van der Waals surface area contributed by atoms with Crippen molar-refractivity contribution in [3.8, 4) is 0 Å². The Hall–Kier alpha value is -0.440. The number of halogens is 2. The lowest BCUT2D eigenvalue weighted by molar-refractivity contribution is -0.121. The molecule has 0 aliphatic heterocycles. The van der Waals surface area contributed by atoms with E-state index in [0.29, 0.717) is 15.5 Å². The molecule has 0 aliphatic rings. The van der Waals surface area contributed by atoms with Gasteiger partial charge in [0, 0.05) is 22.0 Å². The number of amides is 1. The summed E-state index contributed by atoms with van der Waals surface area (Å²) in [6.45, 7) is 5.86. The second-order valence-electron chi connectivity index (χ2n) is 4.42. The van der Waals surface area contributed by atoms with Crippen molar-refractivity contribution in [1.82, 2.24) is 9.62 Å². The minimum Gasteiger partial charge on any atom is -0.355 e. The molecular weight excluding hydrogens is 424 g/mol. The maximum Gasteiger partial charge on any atom is 0.244 e. The minimum atomic E-state index is -3.74. The van der Waals surface area contributed by atoms with Crippen molar-refractivity contribution in [3.05, 3.63) is 26.6 Å². The first-order chi connectivity index (χ1) is 9.73. The average molecular weight is 442 g/mol. The Morgan fingerprint density at radius 3 is 2.38 bits per heavy atom. The zero-order chi connectivity index (χ0) is 16.2. The smallest absolute Gasteiger partial charge is 0.244 e. The molecule has 21 heavy (non-hydrogen) atoms. The van der Waals surface area contributed by atoms with Gasteiger partial charge in [0.25, 0.3) is 0 Å². The van der Waals surface area contributed by atoms with E-state index in [9.17, 15) is 13.2 Å². The molecule has 0 saturated heterocycles. The molecular formula is C13H18Br2N2O3S. The fourth-order valence-electron chi connectivity index (χ4n) is 1.74. The maximum absolute atomic E-state index is 12.7. The predicted octanol–water partition coefficient (Wildman–Crippen LogP) is 2.67. The third kappa shape index (κ3) is 4.51. The van der Waals surface area contributed by atoms with E-state index in [4.69, 9.17) is 0 Å². The van der Waals surface area contributed by atoms with Gasteiger partial charge in [-0.05, 0) is 47.5 Å². The highest BCUT2D eigenvalue weighted by Crippen LogP contribution is 2.30. The molecule has 0 bridgehead atoms. The first-order valence-corrected chi connectivity index (χ1v) is 9.49. The molecule has 118 valence electrons. The van der Waals surface area contributed by atoms with E-state index in [-0.39, 0.29) is 23.9 Å². The molecule has 1 N–H and O–H groups in total. The second-order valence-corrected chi connectivity index (χ2v) is 8.03. The highest BCUT2D eigenvalue weighted by Gasteiger charge is 2.27. The van der Waals surface area contributed by atoms with Gasteiger partial charge in [-0.25, -0.2) is 8.42 Å². The number of rotatable bonds is 6. The summed E-state index contributed by atoms with van der Waals surface area (Å²) >= 11 is 6.62. The van der Waals surface area contributed by atoms with Crippen LogP contribution < -0.4 is 5.32 Å². The Balaban J connectivity index is 3.19. The molecule has 1 amide bonds. The summed E-state index contributed by atoms with van der Waals surface area (Å²) in [6, 6.07) is 3.28. The zero-order valence-electron chi connectivity index (χ0n) is 12.1. The number of nitrogens with one attached hydrogen (secondary N) is 1. The summed E-state index contributed by atoms with van der Waals surface area (Å²) in [5.41, 5.74) is 0.924. The number of carbonyl (C=O) groups is 1. The molecule has 0 aliphatic carbocycles. The van der Waals surface area contributed by atoms with E-state index in [1.165, 1.54) is 0 Å². The Morgan fingerprint density at radius 2 is 1.86 bits per heavy atom. The largest absolute Gasteiger partial charge is 0.355 e. The fourth-order valence-corrected chi connectivity index (χ4v) is 4.79. The molecule has 0 spiro atoms. The van der Waals surface area contributed by atoms with Crippen LogP contribution in [0.4, 0.5) is 0 Å². The number of sulfonamides is 1. The lowest BCUT2D eigenvalue weighted by atomic mass is 10.2. The summed E-state index contributed by atoms with van der Waals surface area (Å²) in [4.78, 5) is 11.8. The van der Waals surface area contributed by atoms with Crippen LogP contribution in [0, 0.1) is 6.92 Å². The molecule has 5 nitrogen and oxygen atoms in total. The highest BCUT2D eigenvalue weighted by molar-refractivity contribution is 9.11. The van der Waals surface area contributed by atoms with Crippen molar-refractivity contribution < 1.29 is 13.2 Å². The molecule has 0 fully saturated rings. The number of carbonyl (C=O) groups excluding carboxylic acids is 1. The monoisotopic (exact) mass is 440 g/mol. The van der Waals surface area contributed by atoms with E-state index in [1.807, 2.05) is 6.92 Å². The van der Waals surface area contributed by atoms with Gasteiger partial charge in [-0.2, -0.15) is 4.31 Å². The van der Waals surface area contributed by atoms with Crippen LogP contribution in [0.1, 0.15) is 19.4 Å². The summed E-state index contributed by atoms with van der Waals surface area (Å²) in [5.74, 6) is -0.315. The topological polar surface area (TPSA) is 66.5 Å². The Labute approximate surface area is 142 Å². The van der Waals surface area contributed by atoms with E-state index in [1.54, 1.807) is 26.0 Å². The third-order valence-corrected chi connectivity index (χ3v) is 6.61. The lowest BCUT2D eigenvalue weighted by Gasteiger charge is -2.21. The molecule has 1 aromatic rings. The first kappa shape index (κ1) is 18.6. The molecule has 8 heteroatoms. The van der Waals surface area contributed by atoms with Gasteiger partial charge in [-0.1, -0.05) is 22.9 Å². The average Bonchev–Trinajstić information content (AvgIpc) is 2.40. The summed E-state index contributed by atoms with van der Waals surface area (Å²) in [7, 11) is -3.74. The van der Waals surface area contributed by atoms with Gasteiger partial charge in [-0.3, -0.25) is 4.79 Å². The number of hydrogen-bond donors (Lipinski definition) is 1. The first-order valence-electron chi connectivity index (χ1n) is 6.46. The molecule has 0 radical (unpaired) electrons. The number of hydrogen-bond acceptors (Lipinski definition) is 3. The lowest BCUT2D eigenvalue weighted by Crippen LogP contribution is -2.40. The minimum absolute atomic E-state index is 0.145. The molecule has 0 saturated carbocycles. The quantitative estimate of drug-likeness (QED) is 0.737. The van der Waals surface area contributed by atoms with Gasteiger partial charge < -0.3 is 5.32 Å². The van der Waals surface area contributed by atoms with Crippen LogP contribution in [0.3, 0.4) is 0 Å². The van der Waals surface area contributed by atoms with E-state index in [2.05, 4.69) is 37.2 Å². The normalized spacial score (nSPS) is 11.7. The van der Waals surface area contributed by atoms with Crippen LogP contribution >= 0.6 is 31.9 Å². The summed E-state index contributed by atoms with van der Waals surface area (Å²) in [5, 5.41) is 2.60. The van der Waals surface area contributed by atoms with Gasteiger partial charge in [-0.15, -0.1) is 0 Å². The van der Waals surface area contributed by atoms with Crippen molar-refractivity contribution in [1.29, 1.82) is 0 Å². The van der Waals surface area contributed by atoms with Gasteiger partial charge >= 0.3 is 0 Å². The van der Waals surface area contributed by atoms with E-state index < -0.39 is 10.0 Å². The molecule has 1 aromatic carbocycles. The van der Waals surface area contributed by atoms with Gasteiger partial charge in [0.2, 0.25) is 15.9 Å². The van der Waals surface area contributed by atoms with Crippen LogP contribution in [-0.2, 0) is 14.8 Å². The van der Waals surface area contributed by atoms with Crippen molar-refractivity contribution >= 4 is 47.8 Å². The maximum atomic E-state index is 12.7. The molecule has 0 unspecified atom stereocenters. The van der Waals surface area contributed by atoms with E-state index in [0.717, 1.165) is 9.87 Å². The fraction of sp³-hybridized carbons (Fsp3) is 0.462. The van der Waals surface area contributed by atoms with Crippen molar-refractivity contribution in [2.75, 3.05) is 19.6 Å².